The Balaban J connectivity index is 1.60. The summed E-state index contributed by atoms with van der Waals surface area (Å²) >= 11 is 0. The third kappa shape index (κ3) is 2.64. The van der Waals surface area contributed by atoms with Crippen molar-refractivity contribution >= 4 is 6.03 Å². The SMILES string of the molecule is CC(NC(=O)NC12CC(F)(C1)C2)c1cccc(C(F)(F)F)c1. The number of nitrogens with one attached hydrogen (secondary N) is 2. The molecule has 3 nitrogen and oxygen atoms in total. The number of rotatable bonds is 3. The molecule has 2 bridgehead atoms. The summed E-state index contributed by atoms with van der Waals surface area (Å²) in [5.74, 6) is 0. The average Bonchev–Trinajstić information content (AvgIpc) is 2.34. The summed E-state index contributed by atoms with van der Waals surface area (Å²) in [4.78, 5) is 11.9. The maximum Gasteiger partial charge on any atom is 0.416 e. The Labute approximate surface area is 125 Å². The van der Waals surface area contributed by atoms with E-state index in [1.165, 1.54) is 12.1 Å². The summed E-state index contributed by atoms with van der Waals surface area (Å²) in [6, 6.07) is 3.78. The molecule has 3 saturated carbocycles. The molecular weight excluding hydrogens is 300 g/mol. The number of urea groups is 1. The number of benzene rings is 1. The van der Waals surface area contributed by atoms with E-state index in [0.717, 1.165) is 12.1 Å². The lowest BCUT2D eigenvalue weighted by atomic mass is 9.47. The molecule has 0 spiro atoms. The van der Waals surface area contributed by atoms with Crippen LogP contribution in [0.4, 0.5) is 22.4 Å². The van der Waals surface area contributed by atoms with Gasteiger partial charge in [-0.15, -0.1) is 0 Å². The van der Waals surface area contributed by atoms with Crippen LogP contribution in [0.25, 0.3) is 0 Å². The highest BCUT2D eigenvalue weighted by molar-refractivity contribution is 5.76. The summed E-state index contributed by atoms with van der Waals surface area (Å²) in [5, 5.41) is 5.31. The van der Waals surface area contributed by atoms with Crippen molar-refractivity contribution in [2.75, 3.05) is 0 Å². The number of alkyl halides is 4. The van der Waals surface area contributed by atoms with E-state index in [1.54, 1.807) is 6.92 Å². The highest BCUT2D eigenvalue weighted by Crippen LogP contribution is 2.62. The number of hydrogen-bond donors (Lipinski definition) is 2. The zero-order chi connectivity index (χ0) is 16.2. The maximum absolute atomic E-state index is 13.4. The lowest BCUT2D eigenvalue weighted by molar-refractivity contribution is -0.162. The molecule has 0 heterocycles. The second-order valence-corrected chi connectivity index (χ2v) is 6.40. The lowest BCUT2D eigenvalue weighted by Crippen LogP contribution is -2.77. The molecule has 3 aliphatic carbocycles. The Morgan fingerprint density at radius 1 is 1.27 bits per heavy atom. The molecule has 4 rings (SSSR count). The topological polar surface area (TPSA) is 41.1 Å². The Hall–Kier alpha value is -1.79. The van der Waals surface area contributed by atoms with Gasteiger partial charge in [-0.05, 0) is 24.6 Å². The Morgan fingerprint density at radius 2 is 1.91 bits per heavy atom. The molecule has 120 valence electrons. The van der Waals surface area contributed by atoms with Crippen LogP contribution >= 0.6 is 0 Å². The van der Waals surface area contributed by atoms with Crippen LogP contribution in [0.1, 0.15) is 43.4 Å². The van der Waals surface area contributed by atoms with Crippen molar-refractivity contribution in [1.29, 1.82) is 0 Å². The summed E-state index contributed by atoms with van der Waals surface area (Å²) in [5.41, 5.74) is -1.95. The molecule has 2 N–H and O–H groups in total. The summed E-state index contributed by atoms with van der Waals surface area (Å²) < 4.78 is 51.4. The number of carbonyl (C=O) groups is 1. The summed E-state index contributed by atoms with van der Waals surface area (Å²) in [7, 11) is 0. The van der Waals surface area contributed by atoms with Gasteiger partial charge in [0.1, 0.15) is 5.67 Å². The molecule has 1 aromatic rings. The molecular formula is C15H16F4N2O. The van der Waals surface area contributed by atoms with Crippen molar-refractivity contribution < 1.29 is 22.4 Å². The lowest BCUT2D eigenvalue weighted by Gasteiger charge is -2.65. The largest absolute Gasteiger partial charge is 0.416 e. The molecule has 0 saturated heterocycles. The first-order valence-electron chi connectivity index (χ1n) is 7.06. The minimum Gasteiger partial charge on any atom is -0.332 e. The van der Waals surface area contributed by atoms with E-state index in [1.807, 2.05) is 0 Å². The third-order valence-electron chi connectivity index (χ3n) is 4.41. The van der Waals surface area contributed by atoms with Crippen molar-refractivity contribution in [3.8, 4) is 0 Å². The van der Waals surface area contributed by atoms with Crippen LogP contribution in [-0.4, -0.2) is 17.2 Å². The van der Waals surface area contributed by atoms with Gasteiger partial charge in [0.25, 0.3) is 0 Å². The Bertz CT molecular complexity index is 594. The monoisotopic (exact) mass is 316 g/mol. The fourth-order valence-corrected chi connectivity index (χ4v) is 3.34. The van der Waals surface area contributed by atoms with Crippen molar-refractivity contribution in [2.24, 2.45) is 0 Å². The quantitative estimate of drug-likeness (QED) is 0.820. The predicted molar refractivity (Wildman–Crippen MR) is 71.9 cm³/mol. The second-order valence-electron chi connectivity index (χ2n) is 6.40. The van der Waals surface area contributed by atoms with E-state index in [2.05, 4.69) is 10.6 Å². The summed E-state index contributed by atoms with van der Waals surface area (Å²) in [6.07, 6.45) is -3.44. The van der Waals surface area contributed by atoms with Gasteiger partial charge in [0.05, 0.1) is 17.1 Å². The van der Waals surface area contributed by atoms with E-state index in [0.29, 0.717) is 24.8 Å². The number of carbonyl (C=O) groups excluding carboxylic acids is 1. The van der Waals surface area contributed by atoms with Crippen molar-refractivity contribution in [2.45, 2.75) is 49.6 Å². The van der Waals surface area contributed by atoms with E-state index < -0.39 is 35.0 Å². The Kier molecular flexibility index (Phi) is 3.16. The standard InChI is InChI=1S/C15H16F4N2O/c1-9(10-3-2-4-11(5-10)15(17,18)19)20-12(22)21-14-6-13(16,7-14)8-14/h2-5,9H,6-8H2,1H3,(H2,20,21,22). The van der Waals surface area contributed by atoms with Crippen molar-refractivity contribution in [3.63, 3.8) is 0 Å². The van der Waals surface area contributed by atoms with Gasteiger partial charge in [0.2, 0.25) is 0 Å². The molecule has 1 aromatic carbocycles. The molecule has 0 aliphatic heterocycles. The van der Waals surface area contributed by atoms with Crippen LogP contribution in [0.15, 0.2) is 24.3 Å². The zero-order valence-corrected chi connectivity index (χ0v) is 11.9. The van der Waals surface area contributed by atoms with E-state index in [4.69, 9.17) is 0 Å². The van der Waals surface area contributed by atoms with Crippen molar-refractivity contribution in [3.05, 3.63) is 35.4 Å². The molecule has 3 aliphatic rings. The number of amides is 2. The van der Waals surface area contributed by atoms with Gasteiger partial charge < -0.3 is 10.6 Å². The summed E-state index contributed by atoms with van der Waals surface area (Å²) in [6.45, 7) is 1.60. The minimum absolute atomic E-state index is 0.325. The molecule has 1 atom stereocenters. The molecule has 0 radical (unpaired) electrons. The maximum atomic E-state index is 13.4. The van der Waals surface area contributed by atoms with Crippen LogP contribution in [0.3, 0.4) is 0 Å². The fourth-order valence-electron chi connectivity index (χ4n) is 3.34. The van der Waals surface area contributed by atoms with E-state index >= 15 is 0 Å². The minimum atomic E-state index is -4.42. The highest BCUT2D eigenvalue weighted by atomic mass is 19.4. The normalized spacial score (nSPS) is 30.8. The molecule has 7 heteroatoms. The van der Waals surface area contributed by atoms with E-state index in [9.17, 15) is 22.4 Å². The first-order chi connectivity index (χ1) is 10.1. The number of halogens is 4. The first-order valence-corrected chi connectivity index (χ1v) is 7.06. The van der Waals surface area contributed by atoms with Crippen LogP contribution in [-0.2, 0) is 6.18 Å². The molecule has 1 unspecified atom stereocenters. The molecule has 2 amide bonds. The van der Waals surface area contributed by atoms with Crippen LogP contribution in [0.5, 0.6) is 0 Å². The second kappa shape index (κ2) is 4.60. The predicted octanol–water partition coefficient (Wildman–Crippen LogP) is 3.71. The highest BCUT2D eigenvalue weighted by Gasteiger charge is 2.69. The number of hydrogen-bond acceptors (Lipinski definition) is 1. The molecule has 3 fully saturated rings. The molecule has 0 aromatic heterocycles. The Morgan fingerprint density at radius 3 is 2.45 bits per heavy atom. The van der Waals surface area contributed by atoms with Crippen molar-refractivity contribution in [1.82, 2.24) is 10.6 Å². The van der Waals surface area contributed by atoms with Gasteiger partial charge in [-0.1, -0.05) is 12.1 Å². The van der Waals surface area contributed by atoms with Crippen LogP contribution in [0.2, 0.25) is 0 Å². The average molecular weight is 316 g/mol. The third-order valence-corrected chi connectivity index (χ3v) is 4.41. The van der Waals surface area contributed by atoms with Crippen LogP contribution in [0, 0.1) is 0 Å². The molecule has 22 heavy (non-hydrogen) atoms. The zero-order valence-electron chi connectivity index (χ0n) is 11.9. The van der Waals surface area contributed by atoms with E-state index in [-0.39, 0.29) is 0 Å². The van der Waals surface area contributed by atoms with Gasteiger partial charge in [0, 0.05) is 19.3 Å². The smallest absolute Gasteiger partial charge is 0.332 e. The fraction of sp³-hybridized carbons (Fsp3) is 0.533. The van der Waals surface area contributed by atoms with Gasteiger partial charge in [-0.3, -0.25) is 0 Å². The van der Waals surface area contributed by atoms with Gasteiger partial charge in [0.15, 0.2) is 0 Å². The van der Waals surface area contributed by atoms with Gasteiger partial charge >= 0.3 is 12.2 Å². The van der Waals surface area contributed by atoms with Gasteiger partial charge in [-0.2, -0.15) is 13.2 Å². The first kappa shape index (κ1) is 15.1. The van der Waals surface area contributed by atoms with Crippen LogP contribution < -0.4 is 10.6 Å². The van der Waals surface area contributed by atoms with Gasteiger partial charge in [-0.25, -0.2) is 9.18 Å².